The summed E-state index contributed by atoms with van der Waals surface area (Å²) in [7, 11) is -1.75. The van der Waals surface area contributed by atoms with Gasteiger partial charge in [0.05, 0.1) is 21.8 Å². The molecular weight excluding hydrogens is 581 g/mol. The Kier molecular flexibility index (Phi) is 10.4. The van der Waals surface area contributed by atoms with E-state index in [1.54, 1.807) is 7.05 Å². The lowest BCUT2D eigenvalue weighted by Crippen LogP contribution is -2.53. The van der Waals surface area contributed by atoms with Gasteiger partial charge in [-0.3, -0.25) is 0 Å². The summed E-state index contributed by atoms with van der Waals surface area (Å²) in [5.41, 5.74) is 2.80. The van der Waals surface area contributed by atoms with Gasteiger partial charge in [0.15, 0.2) is 0 Å². The molecule has 7 nitrogen and oxygen atoms in total. The van der Waals surface area contributed by atoms with Crippen molar-refractivity contribution >= 4 is 39.3 Å². The third-order valence-electron chi connectivity index (χ3n) is 7.79. The van der Waals surface area contributed by atoms with Crippen molar-refractivity contribution in [3.63, 3.8) is 0 Å². The third-order valence-corrected chi connectivity index (χ3v) is 9.29. The van der Waals surface area contributed by atoms with Crippen LogP contribution in [0.5, 0.6) is 0 Å². The zero-order valence-corrected chi connectivity index (χ0v) is 25.7. The van der Waals surface area contributed by atoms with Crippen LogP contribution in [0.15, 0.2) is 78.9 Å². The van der Waals surface area contributed by atoms with Gasteiger partial charge in [-0.2, -0.15) is 0 Å². The van der Waals surface area contributed by atoms with E-state index in [0.29, 0.717) is 28.4 Å². The van der Waals surface area contributed by atoms with E-state index in [9.17, 15) is 13.2 Å². The average molecular weight is 619 g/mol. The summed E-state index contributed by atoms with van der Waals surface area (Å²) in [6.45, 7) is 3.23. The van der Waals surface area contributed by atoms with Crippen LogP contribution in [0.4, 0.5) is 4.79 Å². The Bertz CT molecular complexity index is 1420. The van der Waals surface area contributed by atoms with Gasteiger partial charge in [0, 0.05) is 33.2 Å². The first-order valence-corrected chi connectivity index (χ1v) is 16.3. The largest absolute Gasteiger partial charge is 0.465 e. The first-order chi connectivity index (χ1) is 19.5. The molecule has 2 aliphatic rings. The van der Waals surface area contributed by atoms with Gasteiger partial charge in [-0.15, -0.1) is 0 Å². The summed E-state index contributed by atoms with van der Waals surface area (Å²) in [5, 5.41) is 9.78. The number of likely N-dealkylation sites (tertiary alicyclic amines) is 1. The quantitative estimate of drug-likeness (QED) is 0.304. The third kappa shape index (κ3) is 8.93. The molecule has 2 atom stereocenters. The number of sulfonamides is 1. The van der Waals surface area contributed by atoms with Gasteiger partial charge in [-0.25, -0.2) is 17.9 Å². The molecule has 2 fully saturated rings. The molecule has 220 valence electrons. The molecule has 1 amide bonds. The summed E-state index contributed by atoms with van der Waals surface area (Å²) >= 11 is 12.2. The lowest BCUT2D eigenvalue weighted by atomic mass is 9.82. The molecule has 5 rings (SSSR count). The van der Waals surface area contributed by atoms with Gasteiger partial charge >= 0.3 is 6.09 Å². The minimum Gasteiger partial charge on any atom is -0.465 e. The minimum atomic E-state index is -3.30. The predicted molar refractivity (Wildman–Crippen MR) is 165 cm³/mol. The summed E-state index contributed by atoms with van der Waals surface area (Å²) in [6, 6.07) is 25.4. The molecule has 1 aliphatic heterocycles. The van der Waals surface area contributed by atoms with Crippen LogP contribution < -0.4 is 4.72 Å². The fraction of sp³-hybridized carbons (Fsp3) is 0.387. The van der Waals surface area contributed by atoms with Gasteiger partial charge in [0.1, 0.15) is 0 Å². The zero-order valence-electron chi connectivity index (χ0n) is 23.3. The highest BCUT2D eigenvalue weighted by molar-refractivity contribution is 7.88. The second-order valence-electron chi connectivity index (χ2n) is 11.0. The number of nitrogens with zero attached hydrogens (tertiary/aromatic N) is 2. The van der Waals surface area contributed by atoms with Crippen LogP contribution >= 0.6 is 23.2 Å². The molecule has 0 unspecified atom stereocenters. The molecule has 1 saturated heterocycles. The molecular formula is C31H37Cl2N3O4S. The topological polar surface area (TPSA) is 90.0 Å². The maximum atomic E-state index is 12.1. The van der Waals surface area contributed by atoms with Crippen LogP contribution in [-0.4, -0.2) is 62.4 Å². The Labute approximate surface area is 253 Å². The highest BCUT2D eigenvalue weighted by atomic mass is 35.5. The molecule has 41 heavy (non-hydrogen) atoms. The van der Waals surface area contributed by atoms with Crippen molar-refractivity contribution < 1.29 is 18.3 Å². The Balaban J connectivity index is 0.000000271. The highest BCUT2D eigenvalue weighted by Gasteiger charge is 2.43. The van der Waals surface area contributed by atoms with Crippen molar-refractivity contribution in [2.75, 3.05) is 32.9 Å². The molecule has 2 N–H and O–H groups in total. The predicted octanol–water partition coefficient (Wildman–Crippen LogP) is 6.43. The maximum absolute atomic E-state index is 12.1. The fourth-order valence-electron chi connectivity index (χ4n) is 5.54. The van der Waals surface area contributed by atoms with Gasteiger partial charge in [-0.05, 0) is 59.9 Å². The molecule has 0 bridgehead atoms. The van der Waals surface area contributed by atoms with Crippen molar-refractivity contribution in [3.8, 4) is 0 Å². The van der Waals surface area contributed by atoms with Crippen molar-refractivity contribution in [3.05, 3.63) is 106 Å². The molecule has 1 saturated carbocycles. The van der Waals surface area contributed by atoms with Crippen molar-refractivity contribution in [2.24, 2.45) is 5.92 Å². The summed E-state index contributed by atoms with van der Waals surface area (Å²) < 4.78 is 27.0. The second kappa shape index (κ2) is 13.6. The van der Waals surface area contributed by atoms with Crippen LogP contribution in [0.1, 0.15) is 41.9 Å². The van der Waals surface area contributed by atoms with E-state index in [1.165, 1.54) is 23.1 Å². The van der Waals surface area contributed by atoms with Gasteiger partial charge in [-0.1, -0.05) is 89.9 Å². The van der Waals surface area contributed by atoms with Gasteiger partial charge in [0.2, 0.25) is 10.0 Å². The van der Waals surface area contributed by atoms with E-state index < -0.39 is 21.7 Å². The first-order valence-electron chi connectivity index (χ1n) is 13.7. The van der Waals surface area contributed by atoms with Crippen LogP contribution in [-0.2, 0) is 22.1 Å². The van der Waals surface area contributed by atoms with Gasteiger partial charge in [0.25, 0.3) is 0 Å². The SMILES string of the molecule is CN(Cc1ccccc1)C(=O)O.CS(=O)(=O)NC1(c2ccccc2)CCN(C[C@@H]2C[C@@H]2c2ccc(Cl)c(Cl)c2)CC1. The number of halogens is 2. The van der Waals surface area contributed by atoms with E-state index in [4.69, 9.17) is 28.3 Å². The fourth-order valence-corrected chi connectivity index (χ4v) is 6.87. The van der Waals surface area contributed by atoms with Crippen LogP contribution in [0.2, 0.25) is 10.0 Å². The second-order valence-corrected chi connectivity index (χ2v) is 13.6. The zero-order chi connectivity index (χ0) is 29.6. The number of carboxylic acid groups (broad SMARTS) is 1. The van der Waals surface area contributed by atoms with Crippen molar-refractivity contribution in [2.45, 2.75) is 37.3 Å². The van der Waals surface area contributed by atoms with E-state index >= 15 is 0 Å². The van der Waals surface area contributed by atoms with Crippen molar-refractivity contribution in [1.82, 2.24) is 14.5 Å². The minimum absolute atomic E-state index is 0.441. The number of rotatable bonds is 8. The average Bonchev–Trinajstić information content (AvgIpc) is 3.71. The van der Waals surface area contributed by atoms with Crippen molar-refractivity contribution in [1.29, 1.82) is 0 Å². The van der Waals surface area contributed by atoms with E-state index in [-0.39, 0.29) is 0 Å². The van der Waals surface area contributed by atoms with Crippen LogP contribution in [0.25, 0.3) is 0 Å². The molecule has 3 aromatic carbocycles. The molecule has 1 heterocycles. The Morgan fingerprint density at radius 2 is 1.61 bits per heavy atom. The number of nitrogens with one attached hydrogen (secondary N) is 1. The Morgan fingerprint density at radius 1 is 1.00 bits per heavy atom. The first kappa shape index (κ1) is 31.3. The maximum Gasteiger partial charge on any atom is 0.407 e. The summed E-state index contributed by atoms with van der Waals surface area (Å²) in [5.74, 6) is 1.17. The van der Waals surface area contributed by atoms with E-state index in [1.807, 2.05) is 72.8 Å². The molecule has 3 aromatic rings. The number of amides is 1. The smallest absolute Gasteiger partial charge is 0.407 e. The number of hydrogen-bond acceptors (Lipinski definition) is 4. The van der Waals surface area contributed by atoms with Gasteiger partial charge < -0.3 is 14.9 Å². The monoisotopic (exact) mass is 617 g/mol. The Morgan fingerprint density at radius 3 is 2.17 bits per heavy atom. The summed E-state index contributed by atoms with van der Waals surface area (Å²) in [4.78, 5) is 14.1. The number of piperidine rings is 1. The lowest BCUT2D eigenvalue weighted by molar-refractivity contribution is 0.145. The van der Waals surface area contributed by atoms with Crippen LogP contribution in [0, 0.1) is 5.92 Å². The molecule has 0 radical (unpaired) electrons. The van der Waals surface area contributed by atoms with Crippen LogP contribution in [0.3, 0.4) is 0 Å². The molecule has 0 spiro atoms. The lowest BCUT2D eigenvalue weighted by Gasteiger charge is -2.42. The van der Waals surface area contributed by atoms with E-state index in [0.717, 1.165) is 43.6 Å². The number of benzene rings is 3. The molecule has 10 heteroatoms. The van der Waals surface area contributed by atoms with E-state index in [2.05, 4.69) is 15.7 Å². The summed E-state index contributed by atoms with van der Waals surface area (Å²) in [6.07, 6.45) is 3.05. The highest BCUT2D eigenvalue weighted by Crippen LogP contribution is 2.49. The number of hydrogen-bond donors (Lipinski definition) is 2. The number of carbonyl (C=O) groups is 1. The Hall–Kier alpha value is -2.62. The molecule has 1 aliphatic carbocycles. The normalized spacial score (nSPS) is 20.0. The standard InChI is InChI=1S/C22H26Cl2N2O2S.C9H11NO2/c1-29(27,28)25-22(18-5-3-2-4-6-18)9-11-26(12-10-22)15-17-13-19(17)16-7-8-20(23)21(24)14-16;1-10(9(11)12)7-8-5-3-2-4-6-8/h2-8,14,17,19,25H,9-13,15H2,1H3;2-6H,7H2,1H3,(H,11,12)/t17-,19+;/m0./s1. The molecule has 0 aromatic heterocycles.